The number of fused-ring (bicyclic) bond motifs is 1. The highest BCUT2D eigenvalue weighted by Crippen LogP contribution is 2.27. The van der Waals surface area contributed by atoms with Gasteiger partial charge in [0, 0.05) is 30.1 Å². The number of nitrogens with one attached hydrogen (secondary N) is 2. The van der Waals surface area contributed by atoms with Crippen molar-refractivity contribution in [1.29, 1.82) is 0 Å². The Kier molecular flexibility index (Phi) is 5.85. The molecular weight excluding hydrogens is 369 g/mol. The van der Waals surface area contributed by atoms with Gasteiger partial charge in [-0.25, -0.2) is 4.39 Å². The lowest BCUT2D eigenvalue weighted by atomic mass is 10.0. The van der Waals surface area contributed by atoms with Crippen molar-refractivity contribution in [2.45, 2.75) is 32.6 Å². The molecular formula is C22H26FN5O. The number of halogens is 1. The van der Waals surface area contributed by atoms with Crippen molar-refractivity contribution in [1.82, 2.24) is 20.1 Å². The summed E-state index contributed by atoms with van der Waals surface area (Å²) in [6.45, 7) is 5.15. The summed E-state index contributed by atoms with van der Waals surface area (Å²) in [4.78, 5) is 19.1. The molecule has 1 aliphatic rings. The standard InChI is InChI=1S/C22H26FN5O/c1-15(14-28-9-5-2-6-10-28)11-19(29)25-22-20(23)21(26-27-22)17-12-16-7-3-4-8-18(16)24-13-17/h3-4,7-8,12-13,15H,2,5-6,9-11,14H2,1H3,(H2,25,26,27,29). The van der Waals surface area contributed by atoms with Gasteiger partial charge in [0.15, 0.2) is 11.6 Å². The number of carbonyl (C=O) groups is 1. The number of carbonyl (C=O) groups excluding carboxylic acids is 1. The van der Waals surface area contributed by atoms with Gasteiger partial charge in [-0.05, 0) is 44.0 Å². The lowest BCUT2D eigenvalue weighted by molar-refractivity contribution is -0.117. The van der Waals surface area contributed by atoms with Gasteiger partial charge in [-0.2, -0.15) is 5.10 Å². The molecule has 0 saturated carbocycles. The molecule has 1 saturated heterocycles. The Bertz CT molecular complexity index is 996. The van der Waals surface area contributed by atoms with E-state index >= 15 is 0 Å². The number of H-pyrrole nitrogens is 1. The summed E-state index contributed by atoms with van der Waals surface area (Å²) in [5, 5.41) is 10.2. The topological polar surface area (TPSA) is 73.9 Å². The predicted molar refractivity (Wildman–Crippen MR) is 112 cm³/mol. The fourth-order valence-electron chi connectivity index (χ4n) is 3.96. The third-order valence-corrected chi connectivity index (χ3v) is 5.40. The molecule has 2 N–H and O–H groups in total. The van der Waals surface area contributed by atoms with Gasteiger partial charge < -0.3 is 10.2 Å². The molecule has 0 spiro atoms. The zero-order valence-electron chi connectivity index (χ0n) is 16.6. The summed E-state index contributed by atoms with van der Waals surface area (Å²) in [5.41, 5.74) is 1.65. The highest BCUT2D eigenvalue weighted by Gasteiger charge is 2.20. The first-order valence-electron chi connectivity index (χ1n) is 10.2. The van der Waals surface area contributed by atoms with E-state index in [0.717, 1.165) is 30.5 Å². The maximum atomic E-state index is 14.8. The number of hydrogen-bond acceptors (Lipinski definition) is 4. The Labute approximate surface area is 169 Å². The maximum Gasteiger partial charge on any atom is 0.225 e. The Balaban J connectivity index is 1.40. The quantitative estimate of drug-likeness (QED) is 0.656. The summed E-state index contributed by atoms with van der Waals surface area (Å²) in [7, 11) is 0. The molecule has 1 amide bonds. The third-order valence-electron chi connectivity index (χ3n) is 5.40. The van der Waals surface area contributed by atoms with Gasteiger partial charge in [-0.15, -0.1) is 0 Å². The van der Waals surface area contributed by atoms with Gasteiger partial charge in [0.1, 0.15) is 5.69 Å². The van der Waals surface area contributed by atoms with Crippen LogP contribution in [0.2, 0.25) is 0 Å². The second-order valence-electron chi connectivity index (χ2n) is 7.90. The Morgan fingerprint density at radius 3 is 2.90 bits per heavy atom. The van der Waals surface area contributed by atoms with Crippen LogP contribution in [-0.2, 0) is 4.79 Å². The van der Waals surface area contributed by atoms with Crippen LogP contribution in [0.15, 0.2) is 36.5 Å². The zero-order valence-corrected chi connectivity index (χ0v) is 16.6. The fourth-order valence-corrected chi connectivity index (χ4v) is 3.96. The van der Waals surface area contributed by atoms with Gasteiger partial charge in [0.2, 0.25) is 5.91 Å². The minimum atomic E-state index is -0.570. The molecule has 1 aromatic carbocycles. The van der Waals surface area contributed by atoms with E-state index in [4.69, 9.17) is 0 Å². The minimum Gasteiger partial charge on any atom is -0.307 e. The SMILES string of the molecule is CC(CC(=O)Nc1n[nH]c(-c2cnc3ccccc3c2)c1F)CN1CCCCC1. The number of hydrogen-bond donors (Lipinski definition) is 2. The van der Waals surface area contributed by atoms with Crippen LogP contribution in [0.4, 0.5) is 10.2 Å². The lowest BCUT2D eigenvalue weighted by Crippen LogP contribution is -2.34. The van der Waals surface area contributed by atoms with Crippen LogP contribution in [0.3, 0.4) is 0 Å². The molecule has 1 aliphatic heterocycles. The number of likely N-dealkylation sites (tertiary alicyclic amines) is 1. The van der Waals surface area contributed by atoms with E-state index in [1.54, 1.807) is 6.20 Å². The Morgan fingerprint density at radius 2 is 2.07 bits per heavy atom. The van der Waals surface area contributed by atoms with E-state index in [1.165, 1.54) is 19.3 Å². The minimum absolute atomic E-state index is 0.0664. The fraction of sp³-hybridized carbons (Fsp3) is 0.409. The van der Waals surface area contributed by atoms with Crippen molar-refractivity contribution in [2.75, 3.05) is 25.0 Å². The first-order valence-corrected chi connectivity index (χ1v) is 10.2. The van der Waals surface area contributed by atoms with E-state index < -0.39 is 5.82 Å². The second kappa shape index (κ2) is 8.69. The third kappa shape index (κ3) is 4.62. The summed E-state index contributed by atoms with van der Waals surface area (Å²) >= 11 is 0. The average Bonchev–Trinajstić information content (AvgIpc) is 3.08. The first-order chi connectivity index (χ1) is 14.1. The van der Waals surface area contributed by atoms with E-state index in [-0.39, 0.29) is 23.3 Å². The maximum absolute atomic E-state index is 14.8. The largest absolute Gasteiger partial charge is 0.307 e. The van der Waals surface area contributed by atoms with Crippen LogP contribution in [0.25, 0.3) is 22.2 Å². The van der Waals surface area contributed by atoms with Crippen LogP contribution in [0.1, 0.15) is 32.6 Å². The van der Waals surface area contributed by atoms with Gasteiger partial charge in [-0.1, -0.05) is 31.5 Å². The summed E-state index contributed by atoms with van der Waals surface area (Å²) in [6, 6.07) is 9.50. The molecule has 1 fully saturated rings. The molecule has 0 bridgehead atoms. The Morgan fingerprint density at radius 1 is 1.28 bits per heavy atom. The number of anilines is 1. The number of benzene rings is 1. The van der Waals surface area contributed by atoms with E-state index in [9.17, 15) is 9.18 Å². The van der Waals surface area contributed by atoms with Crippen molar-refractivity contribution in [3.8, 4) is 11.3 Å². The van der Waals surface area contributed by atoms with Crippen molar-refractivity contribution in [3.05, 3.63) is 42.3 Å². The molecule has 152 valence electrons. The number of pyridine rings is 1. The molecule has 0 aliphatic carbocycles. The summed E-state index contributed by atoms with van der Waals surface area (Å²) in [6.07, 6.45) is 5.69. The number of aromatic nitrogens is 3. The number of amides is 1. The van der Waals surface area contributed by atoms with Crippen LogP contribution >= 0.6 is 0 Å². The number of piperidine rings is 1. The monoisotopic (exact) mass is 395 g/mol. The molecule has 29 heavy (non-hydrogen) atoms. The van der Waals surface area contributed by atoms with Gasteiger partial charge >= 0.3 is 0 Å². The molecule has 1 unspecified atom stereocenters. The van der Waals surface area contributed by atoms with Crippen LogP contribution < -0.4 is 5.32 Å². The average molecular weight is 395 g/mol. The molecule has 4 rings (SSSR count). The van der Waals surface area contributed by atoms with E-state index in [1.807, 2.05) is 30.3 Å². The number of nitrogens with zero attached hydrogens (tertiary/aromatic N) is 3. The first kappa shape index (κ1) is 19.5. The van der Waals surface area contributed by atoms with Crippen molar-refractivity contribution < 1.29 is 9.18 Å². The van der Waals surface area contributed by atoms with E-state index in [2.05, 4.69) is 32.3 Å². The van der Waals surface area contributed by atoms with E-state index in [0.29, 0.717) is 12.0 Å². The number of aromatic amines is 1. The molecule has 2 aromatic heterocycles. The summed E-state index contributed by atoms with van der Waals surface area (Å²) < 4.78 is 14.8. The highest BCUT2D eigenvalue weighted by molar-refractivity contribution is 5.91. The van der Waals surface area contributed by atoms with Crippen LogP contribution in [0, 0.1) is 11.7 Å². The van der Waals surface area contributed by atoms with Crippen LogP contribution in [-0.4, -0.2) is 45.6 Å². The molecule has 3 aromatic rings. The predicted octanol–water partition coefficient (Wildman–Crippen LogP) is 4.21. The molecule has 0 radical (unpaired) electrons. The van der Waals surface area contributed by atoms with Crippen molar-refractivity contribution >= 4 is 22.6 Å². The smallest absolute Gasteiger partial charge is 0.225 e. The van der Waals surface area contributed by atoms with Crippen LogP contribution in [0.5, 0.6) is 0 Å². The molecule has 1 atom stereocenters. The highest BCUT2D eigenvalue weighted by atomic mass is 19.1. The van der Waals surface area contributed by atoms with Gasteiger partial charge in [0.05, 0.1) is 5.52 Å². The Hall–Kier alpha value is -2.80. The normalized spacial score (nSPS) is 16.1. The van der Waals surface area contributed by atoms with Crippen molar-refractivity contribution in [2.24, 2.45) is 5.92 Å². The molecule has 6 nitrogen and oxygen atoms in total. The lowest BCUT2D eigenvalue weighted by Gasteiger charge is -2.28. The number of para-hydroxylation sites is 1. The summed E-state index contributed by atoms with van der Waals surface area (Å²) in [5.74, 6) is -0.648. The second-order valence-corrected chi connectivity index (χ2v) is 7.90. The zero-order chi connectivity index (χ0) is 20.2. The molecule has 3 heterocycles. The molecule has 7 heteroatoms. The number of rotatable bonds is 6. The van der Waals surface area contributed by atoms with Gasteiger partial charge in [-0.3, -0.25) is 14.9 Å². The van der Waals surface area contributed by atoms with Crippen molar-refractivity contribution in [3.63, 3.8) is 0 Å². The van der Waals surface area contributed by atoms with Gasteiger partial charge in [0.25, 0.3) is 0 Å².